The Balaban J connectivity index is 1.99. The summed E-state index contributed by atoms with van der Waals surface area (Å²) in [5.41, 5.74) is 4.86. The Bertz CT molecular complexity index is 799. The van der Waals surface area contributed by atoms with Crippen LogP contribution in [0.3, 0.4) is 0 Å². The van der Waals surface area contributed by atoms with Gasteiger partial charge in [0.1, 0.15) is 0 Å². The highest BCUT2D eigenvalue weighted by Gasteiger charge is 2.22. The number of carbonyl (C=O) groups is 2. The van der Waals surface area contributed by atoms with Gasteiger partial charge in [-0.25, -0.2) is 0 Å². The molecule has 0 radical (unpaired) electrons. The Labute approximate surface area is 141 Å². The second-order valence-corrected chi connectivity index (χ2v) is 6.32. The van der Waals surface area contributed by atoms with E-state index in [0.717, 1.165) is 59.0 Å². The van der Waals surface area contributed by atoms with Gasteiger partial charge >= 0.3 is 0 Å². The van der Waals surface area contributed by atoms with Crippen LogP contribution in [0.4, 0.5) is 0 Å². The molecule has 2 amide bonds. The van der Waals surface area contributed by atoms with Gasteiger partial charge in [0.25, 0.3) is 5.91 Å². The first-order valence-corrected chi connectivity index (χ1v) is 8.51. The van der Waals surface area contributed by atoms with Crippen LogP contribution in [0, 0.1) is 6.92 Å². The fourth-order valence-corrected chi connectivity index (χ4v) is 3.30. The fourth-order valence-electron chi connectivity index (χ4n) is 3.30. The summed E-state index contributed by atoms with van der Waals surface area (Å²) in [5.74, 6) is -0.178. The lowest BCUT2D eigenvalue weighted by atomic mass is 9.89. The average Bonchev–Trinajstić information content (AvgIpc) is 2.59. The molecule has 0 saturated heterocycles. The second kappa shape index (κ2) is 6.99. The van der Waals surface area contributed by atoms with Crippen LogP contribution in [0.1, 0.15) is 46.4 Å². The molecule has 1 heterocycles. The van der Waals surface area contributed by atoms with Crippen molar-refractivity contribution in [2.24, 2.45) is 0 Å². The number of nitrogens with zero attached hydrogens (tertiary/aromatic N) is 1. The summed E-state index contributed by atoms with van der Waals surface area (Å²) < 4.78 is 0. The minimum atomic E-state index is -0.102. The lowest BCUT2D eigenvalue weighted by molar-refractivity contribution is -0.120. The molecule has 0 unspecified atom stereocenters. The van der Waals surface area contributed by atoms with Gasteiger partial charge in [-0.2, -0.15) is 0 Å². The van der Waals surface area contributed by atoms with Crippen molar-refractivity contribution in [3.63, 3.8) is 0 Å². The van der Waals surface area contributed by atoms with Crippen LogP contribution in [-0.4, -0.2) is 30.4 Å². The average molecular weight is 325 g/mol. The van der Waals surface area contributed by atoms with E-state index < -0.39 is 0 Å². The molecule has 126 valence electrons. The zero-order valence-corrected chi connectivity index (χ0v) is 14.2. The van der Waals surface area contributed by atoms with Crippen molar-refractivity contribution in [1.29, 1.82) is 0 Å². The molecule has 5 heteroatoms. The Morgan fingerprint density at radius 2 is 2.00 bits per heavy atom. The topological polar surface area (TPSA) is 71.1 Å². The van der Waals surface area contributed by atoms with Crippen LogP contribution >= 0.6 is 0 Å². The van der Waals surface area contributed by atoms with E-state index in [-0.39, 0.29) is 18.2 Å². The number of pyridine rings is 1. The van der Waals surface area contributed by atoms with Crippen molar-refractivity contribution in [3.8, 4) is 0 Å². The summed E-state index contributed by atoms with van der Waals surface area (Å²) in [4.78, 5) is 29.0. The molecule has 0 bridgehead atoms. The number of hydrogen-bond acceptors (Lipinski definition) is 3. The molecule has 2 aromatic rings. The Morgan fingerprint density at radius 1 is 1.21 bits per heavy atom. The molecule has 5 nitrogen and oxygen atoms in total. The minimum Gasteiger partial charge on any atom is -0.359 e. The van der Waals surface area contributed by atoms with Gasteiger partial charge in [0.2, 0.25) is 5.91 Å². The number of carbonyl (C=O) groups excluding carboxylic acids is 2. The van der Waals surface area contributed by atoms with Crippen LogP contribution in [-0.2, 0) is 17.6 Å². The largest absolute Gasteiger partial charge is 0.359 e. The third-order valence-corrected chi connectivity index (χ3v) is 4.56. The predicted molar refractivity (Wildman–Crippen MR) is 94.1 cm³/mol. The van der Waals surface area contributed by atoms with Gasteiger partial charge in [-0.05, 0) is 50.3 Å². The number of nitrogens with one attached hydrogen (secondary N) is 2. The number of amides is 2. The first-order chi connectivity index (χ1) is 11.6. The smallest absolute Gasteiger partial charge is 0.252 e. The van der Waals surface area contributed by atoms with Gasteiger partial charge in [-0.15, -0.1) is 0 Å². The van der Waals surface area contributed by atoms with E-state index in [9.17, 15) is 9.59 Å². The van der Waals surface area contributed by atoms with Gasteiger partial charge in [0, 0.05) is 31.1 Å². The van der Waals surface area contributed by atoms with Crippen molar-refractivity contribution >= 4 is 22.7 Å². The first-order valence-electron chi connectivity index (χ1n) is 8.51. The van der Waals surface area contributed by atoms with Crippen molar-refractivity contribution in [2.45, 2.75) is 39.0 Å². The molecule has 0 aliphatic heterocycles. The third-order valence-electron chi connectivity index (χ3n) is 4.56. The van der Waals surface area contributed by atoms with Gasteiger partial charge in [-0.1, -0.05) is 11.6 Å². The SMILES string of the molecule is CNC(=O)CCNC(=O)c1c2c(nc3ccc(C)cc13)CCCC2. The van der Waals surface area contributed by atoms with Gasteiger partial charge in [0.05, 0.1) is 11.1 Å². The molecule has 0 fully saturated rings. The predicted octanol–water partition coefficient (Wildman–Crippen LogP) is 2.29. The molecule has 24 heavy (non-hydrogen) atoms. The normalized spacial score (nSPS) is 13.4. The van der Waals surface area contributed by atoms with Crippen LogP contribution in [0.2, 0.25) is 0 Å². The molecule has 1 aliphatic rings. The highest BCUT2D eigenvalue weighted by Crippen LogP contribution is 2.29. The quantitative estimate of drug-likeness (QED) is 0.906. The van der Waals surface area contributed by atoms with E-state index in [2.05, 4.69) is 10.6 Å². The van der Waals surface area contributed by atoms with Crippen molar-refractivity contribution < 1.29 is 9.59 Å². The van der Waals surface area contributed by atoms with Gasteiger partial charge < -0.3 is 10.6 Å². The highest BCUT2D eigenvalue weighted by atomic mass is 16.2. The minimum absolute atomic E-state index is 0.0761. The number of aryl methyl sites for hydroxylation is 2. The van der Waals surface area contributed by atoms with E-state index in [0.29, 0.717) is 6.54 Å². The summed E-state index contributed by atoms with van der Waals surface area (Å²) in [7, 11) is 1.60. The molecule has 2 N–H and O–H groups in total. The third kappa shape index (κ3) is 3.25. The Kier molecular flexibility index (Phi) is 4.79. The van der Waals surface area contributed by atoms with Crippen LogP contribution in [0.5, 0.6) is 0 Å². The highest BCUT2D eigenvalue weighted by molar-refractivity contribution is 6.08. The monoisotopic (exact) mass is 325 g/mol. The molecule has 0 atom stereocenters. The first kappa shape index (κ1) is 16.4. The molecular formula is C19H23N3O2. The summed E-state index contributed by atoms with van der Waals surface area (Å²) in [5, 5.41) is 6.37. The summed E-state index contributed by atoms with van der Waals surface area (Å²) in [6.07, 6.45) is 4.31. The molecule has 1 aliphatic carbocycles. The molecular weight excluding hydrogens is 302 g/mol. The molecule has 1 aromatic carbocycles. The number of rotatable bonds is 4. The van der Waals surface area contributed by atoms with Gasteiger partial charge in [-0.3, -0.25) is 14.6 Å². The second-order valence-electron chi connectivity index (χ2n) is 6.32. The van der Waals surface area contributed by atoms with Crippen LogP contribution in [0.25, 0.3) is 10.9 Å². The number of benzene rings is 1. The van der Waals surface area contributed by atoms with Crippen molar-refractivity contribution in [2.75, 3.05) is 13.6 Å². The number of fused-ring (bicyclic) bond motifs is 2. The summed E-state index contributed by atoms with van der Waals surface area (Å²) in [6, 6.07) is 6.05. The zero-order chi connectivity index (χ0) is 17.1. The molecule has 0 spiro atoms. The van der Waals surface area contributed by atoms with E-state index in [1.54, 1.807) is 7.05 Å². The maximum Gasteiger partial charge on any atom is 0.252 e. The molecule has 1 aromatic heterocycles. The van der Waals surface area contributed by atoms with E-state index in [4.69, 9.17) is 4.98 Å². The fraction of sp³-hybridized carbons (Fsp3) is 0.421. The van der Waals surface area contributed by atoms with Crippen LogP contribution in [0.15, 0.2) is 18.2 Å². The Hall–Kier alpha value is -2.43. The van der Waals surface area contributed by atoms with Crippen molar-refractivity contribution in [1.82, 2.24) is 15.6 Å². The van der Waals surface area contributed by atoms with E-state index >= 15 is 0 Å². The standard InChI is InChI=1S/C19H23N3O2/c1-12-7-8-16-14(11-12)18(13-5-3-4-6-15(13)22-16)19(24)21-10-9-17(23)20-2/h7-8,11H,3-6,9-10H2,1-2H3,(H,20,23)(H,21,24). The summed E-state index contributed by atoms with van der Waals surface area (Å²) >= 11 is 0. The van der Waals surface area contributed by atoms with E-state index in [1.807, 2.05) is 25.1 Å². The Morgan fingerprint density at radius 3 is 2.79 bits per heavy atom. The van der Waals surface area contributed by atoms with Gasteiger partial charge in [0.15, 0.2) is 0 Å². The number of hydrogen-bond donors (Lipinski definition) is 2. The zero-order valence-electron chi connectivity index (χ0n) is 14.2. The molecule has 3 rings (SSSR count). The van der Waals surface area contributed by atoms with Crippen molar-refractivity contribution in [3.05, 3.63) is 40.6 Å². The maximum absolute atomic E-state index is 12.8. The number of aromatic nitrogens is 1. The van der Waals surface area contributed by atoms with E-state index in [1.165, 1.54) is 0 Å². The van der Waals surface area contributed by atoms with Crippen LogP contribution < -0.4 is 10.6 Å². The lowest BCUT2D eigenvalue weighted by Crippen LogP contribution is -2.30. The maximum atomic E-state index is 12.8. The molecule has 0 saturated carbocycles. The lowest BCUT2D eigenvalue weighted by Gasteiger charge is -2.20. The summed E-state index contributed by atoms with van der Waals surface area (Å²) in [6.45, 7) is 2.36.